The highest BCUT2D eigenvalue weighted by Gasteiger charge is 2.31. The van der Waals surface area contributed by atoms with Gasteiger partial charge in [-0.25, -0.2) is 4.39 Å². The zero-order chi connectivity index (χ0) is 25.8. The molecule has 188 valence electrons. The Kier molecular flexibility index (Phi) is 8.42. The van der Waals surface area contributed by atoms with E-state index in [0.717, 1.165) is 23.9 Å². The van der Waals surface area contributed by atoms with Crippen molar-refractivity contribution in [1.29, 1.82) is 0 Å². The number of thioether (sulfide) groups is 1. The summed E-state index contributed by atoms with van der Waals surface area (Å²) in [6, 6.07) is 10.1. The number of nitrogens with zero attached hydrogens (tertiary/aromatic N) is 3. The molecule has 1 N–H and O–H groups in total. The van der Waals surface area contributed by atoms with E-state index in [1.807, 2.05) is 18.4 Å². The maximum atomic E-state index is 13.2. The van der Waals surface area contributed by atoms with Crippen LogP contribution in [0.5, 0.6) is 5.75 Å². The van der Waals surface area contributed by atoms with Crippen LogP contribution in [0.25, 0.3) is 0 Å². The number of hydrogen-bond donors (Lipinski definition) is 1. The number of hydrogen-bond acceptors (Lipinski definition) is 5. The van der Waals surface area contributed by atoms with Gasteiger partial charge in [-0.3, -0.25) is 4.79 Å². The van der Waals surface area contributed by atoms with E-state index in [0.29, 0.717) is 23.3 Å². The Morgan fingerprint density at radius 1 is 1.09 bits per heavy atom. The number of nitrogens with one attached hydrogen (secondary N) is 1. The van der Waals surface area contributed by atoms with E-state index < -0.39 is 29.0 Å². The van der Waals surface area contributed by atoms with Crippen LogP contribution < -0.4 is 10.1 Å². The van der Waals surface area contributed by atoms with E-state index in [-0.39, 0.29) is 17.4 Å². The normalized spacial score (nSPS) is 13.5. The van der Waals surface area contributed by atoms with Crippen molar-refractivity contribution in [3.8, 4) is 5.75 Å². The Labute approximate surface area is 205 Å². The minimum Gasteiger partial charge on any atom is -0.483 e. The third-order valence-electron chi connectivity index (χ3n) is 4.89. The van der Waals surface area contributed by atoms with Crippen LogP contribution in [0.4, 0.5) is 23.2 Å². The van der Waals surface area contributed by atoms with E-state index in [9.17, 15) is 22.4 Å². The van der Waals surface area contributed by atoms with Gasteiger partial charge >= 0.3 is 6.18 Å². The van der Waals surface area contributed by atoms with Gasteiger partial charge in [-0.05, 0) is 62.2 Å². The summed E-state index contributed by atoms with van der Waals surface area (Å²) in [5.41, 5.74) is -0.782. The van der Waals surface area contributed by atoms with E-state index in [1.165, 1.54) is 36.4 Å². The Morgan fingerprint density at radius 2 is 1.77 bits per heavy atom. The smallest absolute Gasteiger partial charge is 0.416 e. The molecule has 35 heavy (non-hydrogen) atoms. The Balaban J connectivity index is 1.74. The summed E-state index contributed by atoms with van der Waals surface area (Å²) >= 11 is 1.15. The molecule has 3 rings (SSSR count). The molecule has 6 nitrogen and oxygen atoms in total. The number of halogens is 4. The summed E-state index contributed by atoms with van der Waals surface area (Å²) in [4.78, 5) is 12.7. The number of anilines is 1. The number of carbonyl (C=O) groups excluding carboxylic acids is 1. The summed E-state index contributed by atoms with van der Waals surface area (Å²) < 4.78 is 59.8. The fourth-order valence-corrected chi connectivity index (χ4v) is 4.09. The largest absolute Gasteiger partial charge is 0.483 e. The molecule has 0 aliphatic heterocycles. The summed E-state index contributed by atoms with van der Waals surface area (Å²) in [5, 5.41) is 10.8. The second-order valence-corrected chi connectivity index (χ2v) is 9.70. The predicted octanol–water partition coefficient (Wildman–Crippen LogP) is 6.35. The van der Waals surface area contributed by atoms with Crippen LogP contribution in [0.15, 0.2) is 53.7 Å². The lowest BCUT2D eigenvalue weighted by Crippen LogP contribution is -2.23. The van der Waals surface area contributed by atoms with Crippen molar-refractivity contribution >= 4 is 23.4 Å². The molecule has 0 bridgehead atoms. The zero-order valence-corrected chi connectivity index (χ0v) is 20.5. The van der Waals surface area contributed by atoms with Gasteiger partial charge in [-0.15, -0.1) is 10.2 Å². The molecule has 0 aliphatic carbocycles. The van der Waals surface area contributed by atoms with Gasteiger partial charge < -0.3 is 14.6 Å². The first-order valence-electron chi connectivity index (χ1n) is 10.9. The molecule has 0 saturated carbocycles. The van der Waals surface area contributed by atoms with Gasteiger partial charge in [0.25, 0.3) is 0 Å². The molecule has 2 atom stereocenters. The first kappa shape index (κ1) is 26.5. The number of aromatic nitrogens is 3. The number of rotatable bonds is 9. The van der Waals surface area contributed by atoms with Crippen molar-refractivity contribution in [2.24, 2.45) is 5.92 Å². The summed E-state index contributed by atoms with van der Waals surface area (Å²) in [6.45, 7) is 8.04. The van der Waals surface area contributed by atoms with E-state index in [2.05, 4.69) is 15.5 Å². The van der Waals surface area contributed by atoms with Crippen LogP contribution >= 0.6 is 11.8 Å². The first-order chi connectivity index (χ1) is 16.4. The molecule has 0 fully saturated rings. The van der Waals surface area contributed by atoms with Crippen LogP contribution in [0.3, 0.4) is 0 Å². The third kappa shape index (κ3) is 7.20. The number of ether oxygens (including phenoxy) is 1. The Hall–Kier alpha value is -3.08. The molecule has 1 heterocycles. The second kappa shape index (κ2) is 11.1. The molecule has 0 radical (unpaired) electrons. The fraction of sp³-hybridized carbons (Fsp3) is 0.375. The molecule has 0 spiro atoms. The highest BCUT2D eigenvalue weighted by atomic mass is 32.2. The van der Waals surface area contributed by atoms with Gasteiger partial charge in [0.2, 0.25) is 5.91 Å². The molecule has 3 aromatic rings. The molecule has 1 aromatic heterocycles. The summed E-state index contributed by atoms with van der Waals surface area (Å²) in [5.74, 6) is 0.406. The monoisotopic (exact) mass is 510 g/mol. The lowest BCUT2D eigenvalue weighted by Gasteiger charge is -2.19. The second-order valence-electron chi connectivity index (χ2n) is 8.39. The molecular formula is C24H26F4N4O2S. The summed E-state index contributed by atoms with van der Waals surface area (Å²) in [6.07, 6.45) is -5.01. The molecular weight excluding hydrogens is 484 g/mol. The molecule has 11 heteroatoms. The molecule has 2 aromatic carbocycles. The average Bonchev–Trinajstić information content (AvgIpc) is 3.16. The number of carbonyl (C=O) groups is 1. The maximum Gasteiger partial charge on any atom is 0.416 e. The summed E-state index contributed by atoms with van der Waals surface area (Å²) in [7, 11) is 0. The van der Waals surface area contributed by atoms with Gasteiger partial charge in [-0.1, -0.05) is 31.7 Å². The van der Waals surface area contributed by atoms with Crippen LogP contribution in [0, 0.1) is 11.7 Å². The average molecular weight is 511 g/mol. The van der Waals surface area contributed by atoms with Crippen molar-refractivity contribution in [1.82, 2.24) is 14.8 Å². The molecule has 0 aliphatic rings. The van der Waals surface area contributed by atoms with Crippen molar-refractivity contribution in [3.63, 3.8) is 0 Å². The van der Waals surface area contributed by atoms with Crippen LogP contribution in [-0.2, 0) is 17.5 Å². The lowest BCUT2D eigenvalue weighted by molar-refractivity contribution is -0.137. The maximum absolute atomic E-state index is 13.2. The highest BCUT2D eigenvalue weighted by Crippen LogP contribution is 2.32. The molecule has 1 amide bonds. The Morgan fingerprint density at radius 3 is 2.40 bits per heavy atom. The number of alkyl halides is 3. The van der Waals surface area contributed by atoms with Crippen molar-refractivity contribution < 1.29 is 27.1 Å². The van der Waals surface area contributed by atoms with Gasteiger partial charge in [0.15, 0.2) is 17.1 Å². The predicted molar refractivity (Wildman–Crippen MR) is 126 cm³/mol. The standard InChI is InChI=1S/C24H26F4N4O2S/c1-14(2)13-32-21(15(3)34-20-10-8-18(25)9-11-20)30-31-23(32)35-16(4)22(33)29-19-7-5-6-17(12-19)24(26,27)28/h5-12,14-16H,13H2,1-4H3,(H,29,33). The minimum atomic E-state index is -4.50. The van der Waals surface area contributed by atoms with Gasteiger partial charge in [-0.2, -0.15) is 13.2 Å². The van der Waals surface area contributed by atoms with Crippen LogP contribution in [0.2, 0.25) is 0 Å². The number of benzene rings is 2. The van der Waals surface area contributed by atoms with Gasteiger partial charge in [0, 0.05) is 12.2 Å². The minimum absolute atomic E-state index is 0.0583. The topological polar surface area (TPSA) is 69.0 Å². The SMILES string of the molecule is CC(C)Cn1c(SC(C)C(=O)Nc2cccc(C(F)(F)F)c2)nnc1C(C)Oc1ccc(F)cc1. The lowest BCUT2D eigenvalue weighted by atomic mass is 10.2. The highest BCUT2D eigenvalue weighted by molar-refractivity contribution is 8.00. The first-order valence-corrected chi connectivity index (χ1v) is 11.8. The van der Waals surface area contributed by atoms with E-state index in [4.69, 9.17) is 4.74 Å². The van der Waals surface area contributed by atoms with Crippen molar-refractivity contribution in [3.05, 3.63) is 65.7 Å². The third-order valence-corrected chi connectivity index (χ3v) is 5.97. The van der Waals surface area contributed by atoms with E-state index >= 15 is 0 Å². The quantitative estimate of drug-likeness (QED) is 0.268. The molecule has 0 saturated heterocycles. The van der Waals surface area contributed by atoms with Crippen LogP contribution in [-0.4, -0.2) is 25.9 Å². The molecule has 2 unspecified atom stereocenters. The Bertz CT molecular complexity index is 1150. The van der Waals surface area contributed by atoms with Crippen molar-refractivity contribution in [2.45, 2.75) is 56.9 Å². The van der Waals surface area contributed by atoms with Gasteiger partial charge in [0.1, 0.15) is 11.6 Å². The number of amides is 1. The van der Waals surface area contributed by atoms with Crippen LogP contribution in [0.1, 0.15) is 45.2 Å². The van der Waals surface area contributed by atoms with Crippen molar-refractivity contribution in [2.75, 3.05) is 5.32 Å². The fourth-order valence-electron chi connectivity index (χ4n) is 3.22. The van der Waals surface area contributed by atoms with Gasteiger partial charge in [0.05, 0.1) is 10.8 Å². The van der Waals surface area contributed by atoms with E-state index in [1.54, 1.807) is 13.8 Å². The zero-order valence-electron chi connectivity index (χ0n) is 19.6.